The van der Waals surface area contributed by atoms with Crippen molar-refractivity contribution in [3.05, 3.63) is 40.7 Å². The molecule has 1 atom stereocenters. The number of oxazole rings is 1. The SMILES string of the molecule is CCC(c1ncco1)c1cccs1. The van der Waals surface area contributed by atoms with Crippen molar-refractivity contribution in [3.8, 4) is 0 Å². The van der Waals surface area contributed by atoms with Crippen molar-refractivity contribution in [3.63, 3.8) is 0 Å². The third-order valence-corrected chi connectivity index (χ3v) is 3.03. The lowest BCUT2D eigenvalue weighted by Gasteiger charge is -2.07. The molecule has 1 unspecified atom stereocenters. The lowest BCUT2D eigenvalue weighted by molar-refractivity contribution is 0.467. The van der Waals surface area contributed by atoms with Gasteiger partial charge in [0, 0.05) is 4.88 Å². The van der Waals surface area contributed by atoms with Gasteiger partial charge >= 0.3 is 0 Å². The van der Waals surface area contributed by atoms with Crippen LogP contribution in [0.3, 0.4) is 0 Å². The molecule has 2 nitrogen and oxygen atoms in total. The Kier molecular flexibility index (Phi) is 2.45. The Balaban J connectivity index is 2.29. The first-order valence-electron chi connectivity index (χ1n) is 4.34. The Morgan fingerprint density at radius 3 is 3.08 bits per heavy atom. The molecule has 0 bridgehead atoms. The van der Waals surface area contributed by atoms with Crippen molar-refractivity contribution in [2.24, 2.45) is 0 Å². The van der Waals surface area contributed by atoms with E-state index >= 15 is 0 Å². The zero-order chi connectivity index (χ0) is 9.10. The summed E-state index contributed by atoms with van der Waals surface area (Å²) in [6.45, 7) is 2.15. The molecule has 0 spiro atoms. The summed E-state index contributed by atoms with van der Waals surface area (Å²) in [7, 11) is 0. The highest BCUT2D eigenvalue weighted by molar-refractivity contribution is 7.10. The molecule has 13 heavy (non-hydrogen) atoms. The average molecular weight is 193 g/mol. The molecule has 68 valence electrons. The van der Waals surface area contributed by atoms with E-state index in [0.717, 1.165) is 12.3 Å². The number of hydrogen-bond acceptors (Lipinski definition) is 3. The van der Waals surface area contributed by atoms with Crippen molar-refractivity contribution in [2.45, 2.75) is 19.3 Å². The highest BCUT2D eigenvalue weighted by Crippen LogP contribution is 2.29. The second-order valence-electron chi connectivity index (χ2n) is 2.85. The Hall–Kier alpha value is -1.09. The third-order valence-electron chi connectivity index (χ3n) is 2.04. The van der Waals surface area contributed by atoms with Gasteiger partial charge in [0.1, 0.15) is 6.26 Å². The summed E-state index contributed by atoms with van der Waals surface area (Å²) >= 11 is 1.75. The molecule has 0 saturated heterocycles. The fourth-order valence-corrected chi connectivity index (χ4v) is 2.30. The van der Waals surface area contributed by atoms with Crippen LogP contribution in [-0.2, 0) is 0 Å². The molecular formula is C10H11NOS. The van der Waals surface area contributed by atoms with Crippen LogP contribution < -0.4 is 0 Å². The quantitative estimate of drug-likeness (QED) is 0.747. The molecule has 0 N–H and O–H groups in total. The smallest absolute Gasteiger partial charge is 0.202 e. The first-order chi connectivity index (χ1) is 6.42. The van der Waals surface area contributed by atoms with Gasteiger partial charge in [-0.15, -0.1) is 11.3 Å². The summed E-state index contributed by atoms with van der Waals surface area (Å²) in [5.74, 6) is 1.15. The maximum atomic E-state index is 5.31. The molecule has 2 aromatic heterocycles. The van der Waals surface area contributed by atoms with Crippen molar-refractivity contribution in [2.75, 3.05) is 0 Å². The summed E-state index contributed by atoms with van der Waals surface area (Å²) in [6, 6.07) is 4.19. The Morgan fingerprint density at radius 1 is 1.62 bits per heavy atom. The van der Waals surface area contributed by atoms with Crippen LogP contribution in [0.15, 0.2) is 34.4 Å². The zero-order valence-electron chi connectivity index (χ0n) is 7.43. The molecule has 0 amide bonds. The second-order valence-corrected chi connectivity index (χ2v) is 3.83. The normalized spacial score (nSPS) is 13.0. The Bertz CT molecular complexity index is 305. The molecule has 0 radical (unpaired) electrons. The molecule has 0 aliphatic carbocycles. The van der Waals surface area contributed by atoms with E-state index < -0.39 is 0 Å². The largest absolute Gasteiger partial charge is 0.448 e. The van der Waals surface area contributed by atoms with Crippen LogP contribution in [0.4, 0.5) is 0 Å². The van der Waals surface area contributed by atoms with Gasteiger partial charge < -0.3 is 4.42 Å². The first kappa shape index (κ1) is 8.51. The van der Waals surface area contributed by atoms with Gasteiger partial charge in [0.25, 0.3) is 0 Å². The molecule has 2 aromatic rings. The van der Waals surface area contributed by atoms with Crippen molar-refractivity contribution in [1.29, 1.82) is 0 Å². The molecule has 2 rings (SSSR count). The fourth-order valence-electron chi connectivity index (χ4n) is 1.39. The monoisotopic (exact) mass is 193 g/mol. The van der Waals surface area contributed by atoms with E-state index in [1.165, 1.54) is 4.88 Å². The van der Waals surface area contributed by atoms with E-state index in [-0.39, 0.29) is 0 Å². The minimum Gasteiger partial charge on any atom is -0.448 e. The van der Waals surface area contributed by atoms with Crippen LogP contribution in [0.2, 0.25) is 0 Å². The van der Waals surface area contributed by atoms with Gasteiger partial charge in [-0.25, -0.2) is 4.98 Å². The second kappa shape index (κ2) is 3.75. The Morgan fingerprint density at radius 2 is 2.54 bits per heavy atom. The topological polar surface area (TPSA) is 26.0 Å². The van der Waals surface area contributed by atoms with Gasteiger partial charge in [0.15, 0.2) is 0 Å². The maximum absolute atomic E-state index is 5.31. The summed E-state index contributed by atoms with van der Waals surface area (Å²) in [5.41, 5.74) is 0. The number of nitrogens with zero attached hydrogens (tertiary/aromatic N) is 1. The molecule has 0 saturated carbocycles. The molecule has 0 aromatic carbocycles. The minimum atomic E-state index is 0.329. The predicted octanol–water partition coefficient (Wildman–Crippen LogP) is 3.28. The van der Waals surface area contributed by atoms with Gasteiger partial charge in [-0.05, 0) is 17.9 Å². The number of aromatic nitrogens is 1. The zero-order valence-corrected chi connectivity index (χ0v) is 8.25. The van der Waals surface area contributed by atoms with Crippen molar-refractivity contribution >= 4 is 11.3 Å². The number of rotatable bonds is 3. The molecule has 0 fully saturated rings. The van der Waals surface area contributed by atoms with Crippen molar-refractivity contribution < 1.29 is 4.42 Å². The van der Waals surface area contributed by atoms with Crippen LogP contribution in [0.25, 0.3) is 0 Å². The van der Waals surface area contributed by atoms with Crippen LogP contribution >= 0.6 is 11.3 Å². The van der Waals surface area contributed by atoms with E-state index in [1.54, 1.807) is 23.8 Å². The van der Waals surface area contributed by atoms with E-state index in [0.29, 0.717) is 5.92 Å². The summed E-state index contributed by atoms with van der Waals surface area (Å²) < 4.78 is 5.31. The average Bonchev–Trinajstić information content (AvgIpc) is 2.76. The van der Waals surface area contributed by atoms with E-state index in [2.05, 4.69) is 29.4 Å². The predicted molar refractivity (Wildman–Crippen MR) is 53.0 cm³/mol. The number of hydrogen-bond donors (Lipinski definition) is 0. The van der Waals surface area contributed by atoms with Crippen LogP contribution in [0.5, 0.6) is 0 Å². The van der Waals surface area contributed by atoms with Gasteiger partial charge in [-0.1, -0.05) is 13.0 Å². The summed E-state index contributed by atoms with van der Waals surface area (Å²) in [6.07, 6.45) is 4.36. The Labute approximate surface area is 81.2 Å². The van der Waals surface area contributed by atoms with E-state index in [4.69, 9.17) is 4.42 Å². The van der Waals surface area contributed by atoms with Gasteiger partial charge in [-0.2, -0.15) is 0 Å². The third kappa shape index (κ3) is 1.65. The van der Waals surface area contributed by atoms with Crippen LogP contribution in [0, 0.1) is 0 Å². The van der Waals surface area contributed by atoms with E-state index in [1.807, 2.05) is 0 Å². The summed E-state index contributed by atoms with van der Waals surface area (Å²) in [5, 5.41) is 2.08. The standard InChI is InChI=1S/C10H11NOS/c1-2-8(9-4-3-7-13-9)10-11-5-6-12-10/h3-8H,2H2,1H3. The van der Waals surface area contributed by atoms with Gasteiger partial charge in [0.05, 0.1) is 12.1 Å². The molecule has 3 heteroatoms. The van der Waals surface area contributed by atoms with Gasteiger partial charge in [-0.3, -0.25) is 0 Å². The lowest BCUT2D eigenvalue weighted by Crippen LogP contribution is -1.96. The number of thiophene rings is 1. The molecule has 2 heterocycles. The molecule has 0 aliphatic rings. The fraction of sp³-hybridized carbons (Fsp3) is 0.300. The first-order valence-corrected chi connectivity index (χ1v) is 5.22. The van der Waals surface area contributed by atoms with Gasteiger partial charge in [0.2, 0.25) is 5.89 Å². The van der Waals surface area contributed by atoms with Crippen molar-refractivity contribution in [1.82, 2.24) is 4.98 Å². The summed E-state index contributed by atoms with van der Waals surface area (Å²) in [4.78, 5) is 5.51. The van der Waals surface area contributed by atoms with Crippen LogP contribution in [-0.4, -0.2) is 4.98 Å². The minimum absolute atomic E-state index is 0.329. The maximum Gasteiger partial charge on any atom is 0.202 e. The molecule has 0 aliphatic heterocycles. The highest BCUT2D eigenvalue weighted by Gasteiger charge is 2.16. The molecular weight excluding hydrogens is 182 g/mol. The lowest BCUT2D eigenvalue weighted by atomic mass is 10.1. The highest BCUT2D eigenvalue weighted by atomic mass is 32.1. The van der Waals surface area contributed by atoms with Crippen LogP contribution in [0.1, 0.15) is 30.0 Å². The van der Waals surface area contributed by atoms with E-state index in [9.17, 15) is 0 Å².